The smallest absolute Gasteiger partial charge is 0.176 e. The average Bonchev–Trinajstić information content (AvgIpc) is 2.63. The van der Waals surface area contributed by atoms with Crippen LogP contribution >= 0.6 is 0 Å². The zero-order valence-electron chi connectivity index (χ0n) is 13.2. The fraction of sp³-hybridized carbons (Fsp3) is 0.300. The second kappa shape index (κ2) is 7.34. The van der Waals surface area contributed by atoms with E-state index in [-0.39, 0.29) is 17.5 Å². The Bertz CT molecular complexity index is 659. The van der Waals surface area contributed by atoms with E-state index in [1.807, 2.05) is 60.7 Å². The number of hydrogen-bond acceptors (Lipinski definition) is 3. The van der Waals surface area contributed by atoms with Gasteiger partial charge in [-0.05, 0) is 25.9 Å². The first-order valence-electron chi connectivity index (χ1n) is 8.14. The van der Waals surface area contributed by atoms with Crippen LogP contribution in [0.25, 0.3) is 0 Å². The molecule has 0 spiro atoms. The fourth-order valence-electron chi connectivity index (χ4n) is 3.11. The van der Waals surface area contributed by atoms with E-state index in [1.54, 1.807) is 0 Å². The first-order valence-corrected chi connectivity index (χ1v) is 8.14. The zero-order valence-corrected chi connectivity index (χ0v) is 13.2. The average molecular weight is 307 g/mol. The second-order valence-corrected chi connectivity index (χ2v) is 6.07. The molecule has 3 nitrogen and oxygen atoms in total. The molecule has 1 heterocycles. The summed E-state index contributed by atoms with van der Waals surface area (Å²) < 4.78 is 0. The lowest BCUT2D eigenvalue weighted by Gasteiger charge is -2.30. The molecule has 0 N–H and O–H groups in total. The van der Waals surface area contributed by atoms with Gasteiger partial charge in [0.25, 0.3) is 0 Å². The molecule has 3 rings (SSSR count). The first kappa shape index (κ1) is 15.6. The quantitative estimate of drug-likeness (QED) is 0.794. The van der Waals surface area contributed by atoms with Crippen LogP contribution in [0.2, 0.25) is 0 Å². The summed E-state index contributed by atoms with van der Waals surface area (Å²) in [6, 6.07) is 18.9. The van der Waals surface area contributed by atoms with Gasteiger partial charge in [-0.3, -0.25) is 14.5 Å². The van der Waals surface area contributed by atoms with E-state index in [0.717, 1.165) is 37.1 Å². The van der Waals surface area contributed by atoms with Crippen LogP contribution in [-0.2, 0) is 0 Å². The van der Waals surface area contributed by atoms with Gasteiger partial charge in [-0.2, -0.15) is 0 Å². The summed E-state index contributed by atoms with van der Waals surface area (Å²) >= 11 is 0. The summed E-state index contributed by atoms with van der Waals surface area (Å²) in [6.45, 7) is 2.06. The van der Waals surface area contributed by atoms with Crippen LogP contribution in [0.5, 0.6) is 0 Å². The topological polar surface area (TPSA) is 37.4 Å². The summed E-state index contributed by atoms with van der Waals surface area (Å²) in [4.78, 5) is 26.9. The van der Waals surface area contributed by atoms with E-state index in [2.05, 4.69) is 4.90 Å². The third-order valence-corrected chi connectivity index (χ3v) is 4.48. The summed E-state index contributed by atoms with van der Waals surface area (Å²) in [5, 5.41) is 0. The minimum Gasteiger partial charge on any atom is -0.296 e. The number of likely N-dealkylation sites (tertiary alicyclic amines) is 1. The van der Waals surface area contributed by atoms with E-state index in [0.29, 0.717) is 6.54 Å². The van der Waals surface area contributed by atoms with Crippen LogP contribution in [0, 0.1) is 5.92 Å². The highest BCUT2D eigenvalue weighted by atomic mass is 16.1. The molecule has 0 unspecified atom stereocenters. The Balaban J connectivity index is 1.53. The number of carbonyl (C=O) groups excluding carboxylic acids is 2. The molecule has 23 heavy (non-hydrogen) atoms. The Kier molecular flexibility index (Phi) is 4.99. The number of Topliss-reactive ketones (excluding diaryl/α,β-unsaturated/α-hetero) is 2. The first-order chi connectivity index (χ1) is 11.2. The molecule has 2 aromatic rings. The Morgan fingerprint density at radius 3 is 1.91 bits per heavy atom. The normalized spacial score (nSPS) is 16.2. The number of benzene rings is 2. The molecule has 1 saturated heterocycles. The Hall–Kier alpha value is -2.26. The van der Waals surface area contributed by atoms with E-state index in [4.69, 9.17) is 0 Å². The van der Waals surface area contributed by atoms with Gasteiger partial charge in [-0.25, -0.2) is 0 Å². The Morgan fingerprint density at radius 2 is 1.35 bits per heavy atom. The molecular weight excluding hydrogens is 286 g/mol. The number of carbonyl (C=O) groups is 2. The summed E-state index contributed by atoms with van der Waals surface area (Å²) in [5.74, 6) is 0.471. The number of ketones is 2. The van der Waals surface area contributed by atoms with Gasteiger partial charge < -0.3 is 0 Å². The monoisotopic (exact) mass is 307 g/mol. The second-order valence-electron chi connectivity index (χ2n) is 6.07. The van der Waals surface area contributed by atoms with E-state index < -0.39 is 0 Å². The number of nitrogens with zero attached hydrogens (tertiary/aromatic N) is 1. The summed E-state index contributed by atoms with van der Waals surface area (Å²) in [5.41, 5.74) is 1.56. The highest BCUT2D eigenvalue weighted by Gasteiger charge is 2.26. The molecule has 1 fully saturated rings. The van der Waals surface area contributed by atoms with Gasteiger partial charge in [-0.1, -0.05) is 60.7 Å². The molecule has 118 valence electrons. The molecule has 1 aliphatic rings. The van der Waals surface area contributed by atoms with Crippen molar-refractivity contribution in [3.63, 3.8) is 0 Å². The van der Waals surface area contributed by atoms with Crippen LogP contribution in [0.1, 0.15) is 33.6 Å². The van der Waals surface area contributed by atoms with Gasteiger partial charge in [0.15, 0.2) is 11.6 Å². The summed E-state index contributed by atoms with van der Waals surface area (Å²) in [6.07, 6.45) is 1.66. The predicted molar refractivity (Wildman–Crippen MR) is 90.7 cm³/mol. The van der Waals surface area contributed by atoms with Gasteiger partial charge in [-0.15, -0.1) is 0 Å². The van der Waals surface area contributed by atoms with Crippen molar-refractivity contribution >= 4 is 11.6 Å². The number of hydrogen-bond donors (Lipinski definition) is 0. The molecule has 3 heteroatoms. The minimum atomic E-state index is 0.0838. The van der Waals surface area contributed by atoms with Crippen LogP contribution in [0.15, 0.2) is 60.7 Å². The van der Waals surface area contributed by atoms with Crippen molar-refractivity contribution < 1.29 is 9.59 Å². The van der Waals surface area contributed by atoms with Crippen molar-refractivity contribution in [2.75, 3.05) is 19.6 Å². The van der Waals surface area contributed by atoms with Crippen molar-refractivity contribution in [1.82, 2.24) is 4.90 Å². The van der Waals surface area contributed by atoms with Crippen LogP contribution in [-0.4, -0.2) is 36.1 Å². The molecule has 0 bridgehead atoms. The van der Waals surface area contributed by atoms with Crippen molar-refractivity contribution in [2.45, 2.75) is 12.8 Å². The lowest BCUT2D eigenvalue weighted by molar-refractivity contribution is 0.0805. The van der Waals surface area contributed by atoms with Crippen molar-refractivity contribution in [2.24, 2.45) is 5.92 Å². The van der Waals surface area contributed by atoms with Gasteiger partial charge in [0, 0.05) is 17.0 Å². The lowest BCUT2D eigenvalue weighted by Crippen LogP contribution is -2.39. The van der Waals surface area contributed by atoms with Crippen molar-refractivity contribution in [1.29, 1.82) is 0 Å². The van der Waals surface area contributed by atoms with Crippen LogP contribution in [0.3, 0.4) is 0 Å². The van der Waals surface area contributed by atoms with E-state index >= 15 is 0 Å². The largest absolute Gasteiger partial charge is 0.296 e. The molecule has 0 radical (unpaired) electrons. The van der Waals surface area contributed by atoms with E-state index in [9.17, 15) is 9.59 Å². The molecule has 0 amide bonds. The lowest BCUT2D eigenvalue weighted by atomic mass is 9.89. The Morgan fingerprint density at radius 1 is 0.826 bits per heavy atom. The van der Waals surface area contributed by atoms with Crippen molar-refractivity contribution in [3.8, 4) is 0 Å². The minimum absolute atomic E-state index is 0.0838. The van der Waals surface area contributed by atoms with Crippen molar-refractivity contribution in [3.05, 3.63) is 71.8 Å². The molecule has 0 atom stereocenters. The molecular formula is C20H21NO2. The van der Waals surface area contributed by atoms with Gasteiger partial charge in [0.2, 0.25) is 0 Å². The van der Waals surface area contributed by atoms with Gasteiger partial charge in [0.05, 0.1) is 6.54 Å². The zero-order chi connectivity index (χ0) is 16.1. The van der Waals surface area contributed by atoms with Crippen LogP contribution < -0.4 is 0 Å². The Labute approximate surface area is 136 Å². The fourth-order valence-corrected chi connectivity index (χ4v) is 3.11. The predicted octanol–water partition coefficient (Wildman–Crippen LogP) is 3.46. The third kappa shape index (κ3) is 3.93. The molecule has 2 aromatic carbocycles. The highest BCUT2D eigenvalue weighted by Crippen LogP contribution is 2.22. The SMILES string of the molecule is O=C(CN1CCC(C(=O)c2ccccc2)CC1)c1ccccc1. The highest BCUT2D eigenvalue weighted by molar-refractivity contribution is 5.98. The molecule has 0 aliphatic carbocycles. The van der Waals surface area contributed by atoms with Gasteiger partial charge in [0.1, 0.15) is 0 Å². The molecule has 0 aromatic heterocycles. The third-order valence-electron chi connectivity index (χ3n) is 4.48. The van der Waals surface area contributed by atoms with Gasteiger partial charge >= 0.3 is 0 Å². The van der Waals surface area contributed by atoms with E-state index in [1.165, 1.54) is 0 Å². The molecule has 1 aliphatic heterocycles. The summed E-state index contributed by atoms with van der Waals surface area (Å²) in [7, 11) is 0. The maximum Gasteiger partial charge on any atom is 0.176 e. The number of rotatable bonds is 5. The maximum absolute atomic E-state index is 12.5. The maximum atomic E-state index is 12.5. The molecule has 0 saturated carbocycles. The standard InChI is InChI=1S/C20H21NO2/c22-19(16-7-3-1-4-8-16)15-21-13-11-18(12-14-21)20(23)17-9-5-2-6-10-17/h1-10,18H,11-15H2. The van der Waals surface area contributed by atoms with Crippen LogP contribution in [0.4, 0.5) is 0 Å². The number of piperidine rings is 1.